The third-order valence-corrected chi connectivity index (χ3v) is 4.06. The average Bonchev–Trinajstić information content (AvgIpc) is 2.56. The van der Waals surface area contributed by atoms with E-state index in [2.05, 4.69) is 46.3 Å². The van der Waals surface area contributed by atoms with Crippen molar-refractivity contribution in [1.29, 1.82) is 5.26 Å². The van der Waals surface area contributed by atoms with Crippen molar-refractivity contribution in [3.63, 3.8) is 0 Å². The first kappa shape index (κ1) is 13.6. The standard InChI is InChI=1S/C17H18N4/c1-13-7-9-16(14-5-3-2-4-6-14)21(12-13)17-10-8-15(11-18)19-20-17/h2-6,8,10,13,16H,7,9,12H2,1H3/t13-,16-/m1/s1. The summed E-state index contributed by atoms with van der Waals surface area (Å²) in [5, 5.41) is 17.1. The van der Waals surface area contributed by atoms with Crippen molar-refractivity contribution in [3.05, 3.63) is 53.7 Å². The summed E-state index contributed by atoms with van der Waals surface area (Å²) in [7, 11) is 0. The second kappa shape index (κ2) is 5.92. The minimum atomic E-state index is 0.338. The van der Waals surface area contributed by atoms with Crippen molar-refractivity contribution < 1.29 is 0 Å². The molecular formula is C17H18N4. The zero-order valence-electron chi connectivity index (χ0n) is 12.1. The Morgan fingerprint density at radius 2 is 1.90 bits per heavy atom. The molecule has 2 atom stereocenters. The summed E-state index contributed by atoms with van der Waals surface area (Å²) in [6, 6.07) is 16.5. The van der Waals surface area contributed by atoms with Gasteiger partial charge in [-0.15, -0.1) is 10.2 Å². The Balaban J connectivity index is 1.93. The number of hydrogen-bond donors (Lipinski definition) is 0. The minimum absolute atomic E-state index is 0.338. The summed E-state index contributed by atoms with van der Waals surface area (Å²) in [4.78, 5) is 2.32. The van der Waals surface area contributed by atoms with Gasteiger partial charge in [0.25, 0.3) is 0 Å². The highest BCUT2D eigenvalue weighted by molar-refractivity contribution is 5.43. The second-order valence-electron chi connectivity index (χ2n) is 5.65. The summed E-state index contributed by atoms with van der Waals surface area (Å²) < 4.78 is 0. The largest absolute Gasteiger partial charge is 0.348 e. The minimum Gasteiger partial charge on any atom is -0.348 e. The number of anilines is 1. The van der Waals surface area contributed by atoms with Gasteiger partial charge in [-0.25, -0.2) is 0 Å². The van der Waals surface area contributed by atoms with E-state index in [0.29, 0.717) is 17.7 Å². The topological polar surface area (TPSA) is 52.8 Å². The van der Waals surface area contributed by atoms with E-state index < -0.39 is 0 Å². The van der Waals surface area contributed by atoms with Gasteiger partial charge in [-0.3, -0.25) is 0 Å². The third-order valence-electron chi connectivity index (χ3n) is 4.06. The molecule has 4 nitrogen and oxygen atoms in total. The van der Waals surface area contributed by atoms with E-state index in [0.717, 1.165) is 18.8 Å². The van der Waals surface area contributed by atoms with Gasteiger partial charge in [0.1, 0.15) is 6.07 Å². The van der Waals surface area contributed by atoms with Crippen molar-refractivity contribution in [2.75, 3.05) is 11.4 Å². The quantitative estimate of drug-likeness (QED) is 0.845. The predicted molar refractivity (Wildman–Crippen MR) is 81.7 cm³/mol. The molecule has 1 fully saturated rings. The average molecular weight is 278 g/mol. The molecule has 2 aromatic rings. The van der Waals surface area contributed by atoms with Crippen molar-refractivity contribution >= 4 is 5.82 Å². The highest BCUT2D eigenvalue weighted by Crippen LogP contribution is 2.35. The molecule has 1 aliphatic heterocycles. The second-order valence-corrected chi connectivity index (χ2v) is 5.65. The Labute approximate surface area is 125 Å². The van der Waals surface area contributed by atoms with E-state index in [4.69, 9.17) is 5.26 Å². The Hall–Kier alpha value is -2.41. The number of rotatable bonds is 2. The molecule has 1 aromatic carbocycles. The van der Waals surface area contributed by atoms with Crippen LogP contribution in [0.5, 0.6) is 0 Å². The molecule has 0 spiro atoms. The molecule has 1 aromatic heterocycles. The number of benzene rings is 1. The summed E-state index contributed by atoms with van der Waals surface area (Å²) >= 11 is 0. The molecular weight excluding hydrogens is 260 g/mol. The molecule has 1 saturated heterocycles. The van der Waals surface area contributed by atoms with Crippen molar-refractivity contribution in [2.24, 2.45) is 5.92 Å². The van der Waals surface area contributed by atoms with E-state index in [1.54, 1.807) is 6.07 Å². The Morgan fingerprint density at radius 3 is 2.57 bits per heavy atom. The molecule has 1 aliphatic rings. The maximum Gasteiger partial charge on any atom is 0.163 e. The van der Waals surface area contributed by atoms with Crippen LogP contribution in [0.15, 0.2) is 42.5 Å². The zero-order chi connectivity index (χ0) is 14.7. The number of piperidine rings is 1. The first-order chi connectivity index (χ1) is 10.3. The van der Waals surface area contributed by atoms with Crippen LogP contribution < -0.4 is 4.90 Å². The number of hydrogen-bond acceptors (Lipinski definition) is 4. The Bertz CT molecular complexity index is 630. The van der Waals surface area contributed by atoms with Gasteiger partial charge in [0.15, 0.2) is 11.5 Å². The highest BCUT2D eigenvalue weighted by atomic mass is 15.3. The van der Waals surface area contributed by atoms with Crippen molar-refractivity contribution in [3.8, 4) is 6.07 Å². The molecule has 106 valence electrons. The van der Waals surface area contributed by atoms with E-state index in [-0.39, 0.29) is 0 Å². The lowest BCUT2D eigenvalue weighted by atomic mass is 9.90. The summed E-state index contributed by atoms with van der Waals surface area (Å²) in [6.45, 7) is 3.24. The van der Waals surface area contributed by atoms with Crippen LogP contribution >= 0.6 is 0 Å². The molecule has 4 heteroatoms. The summed E-state index contributed by atoms with van der Waals surface area (Å²) in [5.74, 6) is 1.50. The van der Waals surface area contributed by atoms with Gasteiger partial charge in [0.05, 0.1) is 6.04 Å². The van der Waals surface area contributed by atoms with Crippen LogP contribution in [0.1, 0.15) is 37.1 Å². The van der Waals surface area contributed by atoms with Crippen LogP contribution in [-0.2, 0) is 0 Å². The van der Waals surface area contributed by atoms with Crippen molar-refractivity contribution in [2.45, 2.75) is 25.8 Å². The van der Waals surface area contributed by atoms with Crippen LogP contribution in [0.3, 0.4) is 0 Å². The van der Waals surface area contributed by atoms with E-state index >= 15 is 0 Å². The van der Waals surface area contributed by atoms with Crippen LogP contribution in [-0.4, -0.2) is 16.7 Å². The van der Waals surface area contributed by atoms with Crippen LogP contribution in [0, 0.1) is 17.2 Å². The lowest BCUT2D eigenvalue weighted by Gasteiger charge is -2.39. The molecule has 21 heavy (non-hydrogen) atoms. The van der Waals surface area contributed by atoms with Gasteiger partial charge in [-0.1, -0.05) is 37.3 Å². The molecule has 2 heterocycles. The first-order valence-electron chi connectivity index (χ1n) is 7.33. The van der Waals surface area contributed by atoms with Gasteiger partial charge in [0, 0.05) is 6.54 Å². The van der Waals surface area contributed by atoms with Gasteiger partial charge in [-0.05, 0) is 36.5 Å². The molecule has 3 rings (SSSR count). The molecule has 0 amide bonds. The molecule has 0 bridgehead atoms. The van der Waals surface area contributed by atoms with E-state index in [1.807, 2.05) is 18.2 Å². The molecule has 0 N–H and O–H groups in total. The fraction of sp³-hybridized carbons (Fsp3) is 0.353. The Morgan fingerprint density at radius 1 is 1.10 bits per heavy atom. The molecule has 0 aliphatic carbocycles. The maximum absolute atomic E-state index is 8.84. The van der Waals surface area contributed by atoms with Gasteiger partial charge < -0.3 is 4.90 Å². The maximum atomic E-state index is 8.84. The lowest BCUT2D eigenvalue weighted by Crippen LogP contribution is -2.38. The summed E-state index contributed by atoms with van der Waals surface area (Å²) in [6.07, 6.45) is 2.34. The van der Waals surface area contributed by atoms with Gasteiger partial charge in [0.2, 0.25) is 0 Å². The Kier molecular flexibility index (Phi) is 3.83. The monoisotopic (exact) mass is 278 g/mol. The fourth-order valence-corrected chi connectivity index (χ4v) is 2.97. The van der Waals surface area contributed by atoms with Crippen molar-refractivity contribution in [1.82, 2.24) is 10.2 Å². The van der Waals surface area contributed by atoms with Gasteiger partial charge in [-0.2, -0.15) is 5.26 Å². The predicted octanol–water partition coefficient (Wildman–Crippen LogP) is 3.33. The summed E-state index contributed by atoms with van der Waals surface area (Å²) in [5.41, 5.74) is 1.68. The first-order valence-corrected chi connectivity index (χ1v) is 7.33. The SMILES string of the molecule is C[C@@H]1CC[C@H](c2ccccc2)N(c2ccc(C#N)nn2)C1. The normalized spacial score (nSPS) is 21.8. The lowest BCUT2D eigenvalue weighted by molar-refractivity contribution is 0.378. The molecule has 0 saturated carbocycles. The van der Waals surface area contributed by atoms with Gasteiger partial charge >= 0.3 is 0 Å². The fourth-order valence-electron chi connectivity index (χ4n) is 2.97. The number of nitriles is 1. The zero-order valence-corrected chi connectivity index (χ0v) is 12.1. The highest BCUT2D eigenvalue weighted by Gasteiger charge is 2.28. The number of nitrogens with zero attached hydrogens (tertiary/aromatic N) is 4. The van der Waals surface area contributed by atoms with E-state index in [1.165, 1.54) is 12.0 Å². The third kappa shape index (κ3) is 2.87. The number of aromatic nitrogens is 2. The van der Waals surface area contributed by atoms with E-state index in [9.17, 15) is 0 Å². The molecule has 0 radical (unpaired) electrons. The molecule has 0 unspecified atom stereocenters. The smallest absolute Gasteiger partial charge is 0.163 e. The van der Waals surface area contributed by atoms with Crippen LogP contribution in [0.25, 0.3) is 0 Å². The van der Waals surface area contributed by atoms with Crippen LogP contribution in [0.4, 0.5) is 5.82 Å². The van der Waals surface area contributed by atoms with Crippen LogP contribution in [0.2, 0.25) is 0 Å².